The van der Waals surface area contributed by atoms with Gasteiger partial charge >= 0.3 is 0 Å². The average Bonchev–Trinajstić information content (AvgIpc) is 2.73. The quantitative estimate of drug-likeness (QED) is 0.787. The largest absolute Gasteiger partial charge is 0.397 e. The lowest BCUT2D eigenvalue weighted by atomic mass is 10.2. The molecule has 0 radical (unpaired) electrons. The van der Waals surface area contributed by atoms with Crippen molar-refractivity contribution in [2.75, 3.05) is 5.73 Å². The second-order valence-electron chi connectivity index (χ2n) is 4.85. The number of unbranched alkanes of at least 4 members (excludes halogenated alkanes) is 2. The average molecular weight is 245 g/mol. The number of nitrogens with zero attached hydrogens (tertiary/aromatic N) is 2. The molecule has 2 rings (SSSR count). The summed E-state index contributed by atoms with van der Waals surface area (Å²) in [7, 11) is 0. The SMILES string of the molecule is CCCCc1nc2c(N)cccc2n1CCCC. The number of hydrogen-bond donors (Lipinski definition) is 1. The molecule has 98 valence electrons. The first kappa shape index (κ1) is 12.9. The number of aromatic nitrogens is 2. The minimum atomic E-state index is 0.792. The Labute approximate surface area is 109 Å². The van der Waals surface area contributed by atoms with Crippen molar-refractivity contribution in [1.29, 1.82) is 0 Å². The fourth-order valence-corrected chi connectivity index (χ4v) is 2.31. The Morgan fingerprint density at radius 1 is 1.17 bits per heavy atom. The van der Waals surface area contributed by atoms with Crippen molar-refractivity contribution in [3.8, 4) is 0 Å². The minimum Gasteiger partial charge on any atom is -0.397 e. The van der Waals surface area contributed by atoms with Crippen LogP contribution in [-0.2, 0) is 13.0 Å². The Hall–Kier alpha value is -1.51. The van der Waals surface area contributed by atoms with E-state index in [1.54, 1.807) is 0 Å². The topological polar surface area (TPSA) is 43.8 Å². The van der Waals surface area contributed by atoms with E-state index in [1.165, 1.54) is 37.0 Å². The number of para-hydroxylation sites is 1. The lowest BCUT2D eigenvalue weighted by Crippen LogP contribution is -2.04. The van der Waals surface area contributed by atoms with E-state index < -0.39 is 0 Å². The van der Waals surface area contributed by atoms with Crippen LogP contribution in [0.1, 0.15) is 45.4 Å². The van der Waals surface area contributed by atoms with Gasteiger partial charge in [0, 0.05) is 13.0 Å². The van der Waals surface area contributed by atoms with E-state index in [0.717, 1.165) is 24.2 Å². The van der Waals surface area contributed by atoms with Crippen LogP contribution in [0.5, 0.6) is 0 Å². The number of hydrogen-bond acceptors (Lipinski definition) is 2. The van der Waals surface area contributed by atoms with E-state index in [0.29, 0.717) is 0 Å². The summed E-state index contributed by atoms with van der Waals surface area (Å²) in [6.45, 7) is 5.49. The summed E-state index contributed by atoms with van der Waals surface area (Å²) in [6.07, 6.45) is 5.84. The maximum absolute atomic E-state index is 6.02. The van der Waals surface area contributed by atoms with Crippen molar-refractivity contribution < 1.29 is 0 Å². The molecule has 1 heterocycles. The van der Waals surface area contributed by atoms with Gasteiger partial charge in [-0.05, 0) is 25.0 Å². The first-order valence-corrected chi connectivity index (χ1v) is 7.01. The van der Waals surface area contributed by atoms with Gasteiger partial charge < -0.3 is 10.3 Å². The molecule has 0 aliphatic carbocycles. The molecule has 3 nitrogen and oxygen atoms in total. The molecule has 0 saturated heterocycles. The van der Waals surface area contributed by atoms with Gasteiger partial charge in [0.2, 0.25) is 0 Å². The molecule has 3 heteroatoms. The molecule has 0 saturated carbocycles. The van der Waals surface area contributed by atoms with Crippen molar-refractivity contribution in [3.05, 3.63) is 24.0 Å². The first-order valence-electron chi connectivity index (χ1n) is 7.01. The molecule has 0 fully saturated rings. The normalized spacial score (nSPS) is 11.2. The van der Waals surface area contributed by atoms with Gasteiger partial charge in [0.25, 0.3) is 0 Å². The van der Waals surface area contributed by atoms with Gasteiger partial charge in [-0.3, -0.25) is 0 Å². The van der Waals surface area contributed by atoms with Crippen molar-refractivity contribution >= 4 is 16.7 Å². The van der Waals surface area contributed by atoms with E-state index in [2.05, 4.69) is 24.5 Å². The van der Waals surface area contributed by atoms with Crippen molar-refractivity contribution in [2.45, 2.75) is 52.5 Å². The highest BCUT2D eigenvalue weighted by Gasteiger charge is 2.11. The highest BCUT2D eigenvalue weighted by molar-refractivity contribution is 5.87. The van der Waals surface area contributed by atoms with Gasteiger partial charge in [-0.2, -0.15) is 0 Å². The highest BCUT2D eigenvalue weighted by atomic mass is 15.1. The van der Waals surface area contributed by atoms with Crippen LogP contribution < -0.4 is 5.73 Å². The monoisotopic (exact) mass is 245 g/mol. The molecule has 1 aromatic heterocycles. The maximum atomic E-state index is 6.02. The van der Waals surface area contributed by atoms with Crippen LogP contribution in [0.2, 0.25) is 0 Å². The third-order valence-corrected chi connectivity index (χ3v) is 3.38. The second kappa shape index (κ2) is 5.89. The zero-order valence-corrected chi connectivity index (χ0v) is 11.4. The lowest BCUT2D eigenvalue weighted by molar-refractivity contribution is 0.604. The molecule has 0 atom stereocenters. The van der Waals surface area contributed by atoms with Crippen LogP contribution in [0.3, 0.4) is 0 Å². The van der Waals surface area contributed by atoms with E-state index in [4.69, 9.17) is 10.7 Å². The molecule has 18 heavy (non-hydrogen) atoms. The number of benzene rings is 1. The summed E-state index contributed by atoms with van der Waals surface area (Å²) in [6, 6.07) is 6.08. The number of imidazole rings is 1. The third-order valence-electron chi connectivity index (χ3n) is 3.38. The zero-order valence-electron chi connectivity index (χ0n) is 11.4. The second-order valence-corrected chi connectivity index (χ2v) is 4.85. The molecule has 1 aromatic carbocycles. The van der Waals surface area contributed by atoms with Crippen LogP contribution in [0.4, 0.5) is 5.69 Å². The molecular formula is C15H23N3. The van der Waals surface area contributed by atoms with E-state index in [9.17, 15) is 0 Å². The predicted molar refractivity (Wildman–Crippen MR) is 77.7 cm³/mol. The molecule has 2 N–H and O–H groups in total. The van der Waals surface area contributed by atoms with Crippen LogP contribution in [0, 0.1) is 0 Å². The van der Waals surface area contributed by atoms with Crippen LogP contribution in [0.15, 0.2) is 18.2 Å². The highest BCUT2D eigenvalue weighted by Crippen LogP contribution is 2.23. The fourth-order valence-electron chi connectivity index (χ4n) is 2.31. The number of rotatable bonds is 6. The summed E-state index contributed by atoms with van der Waals surface area (Å²) >= 11 is 0. The molecule has 0 bridgehead atoms. The molecular weight excluding hydrogens is 222 g/mol. The Bertz CT molecular complexity index is 514. The summed E-state index contributed by atoms with van der Waals surface area (Å²) in [4.78, 5) is 4.74. The predicted octanol–water partition coefficient (Wildman–Crippen LogP) is 3.76. The van der Waals surface area contributed by atoms with E-state index in [1.807, 2.05) is 12.1 Å². The Morgan fingerprint density at radius 3 is 2.67 bits per heavy atom. The summed E-state index contributed by atoms with van der Waals surface area (Å²) < 4.78 is 2.35. The Morgan fingerprint density at radius 2 is 1.94 bits per heavy atom. The zero-order chi connectivity index (χ0) is 13.0. The number of nitrogens with two attached hydrogens (primary N) is 1. The van der Waals surface area contributed by atoms with Crippen molar-refractivity contribution in [3.63, 3.8) is 0 Å². The Kier molecular flexibility index (Phi) is 4.24. The molecule has 2 aromatic rings. The van der Waals surface area contributed by atoms with Gasteiger partial charge in [0.1, 0.15) is 11.3 Å². The number of anilines is 1. The molecule has 0 aliphatic heterocycles. The van der Waals surface area contributed by atoms with Crippen molar-refractivity contribution in [2.24, 2.45) is 0 Å². The molecule has 0 unspecified atom stereocenters. The molecule has 0 aliphatic rings. The minimum absolute atomic E-state index is 0.792. The first-order chi connectivity index (χ1) is 8.77. The standard InChI is InChI=1S/C15H23N3/c1-3-5-10-14-17-15-12(16)8-7-9-13(15)18(14)11-6-4-2/h7-9H,3-6,10-11,16H2,1-2H3. The number of aryl methyl sites for hydroxylation is 2. The summed E-state index contributed by atoms with van der Waals surface area (Å²) in [5.41, 5.74) is 8.97. The smallest absolute Gasteiger partial charge is 0.112 e. The van der Waals surface area contributed by atoms with Crippen molar-refractivity contribution in [1.82, 2.24) is 9.55 Å². The lowest BCUT2D eigenvalue weighted by Gasteiger charge is -2.08. The number of nitrogen functional groups attached to an aromatic ring is 1. The van der Waals surface area contributed by atoms with Gasteiger partial charge in [0.05, 0.1) is 11.2 Å². The van der Waals surface area contributed by atoms with Gasteiger partial charge in [-0.1, -0.05) is 32.8 Å². The summed E-state index contributed by atoms with van der Waals surface area (Å²) in [5.74, 6) is 1.19. The molecule has 0 amide bonds. The van der Waals surface area contributed by atoms with Crippen LogP contribution in [0.25, 0.3) is 11.0 Å². The van der Waals surface area contributed by atoms with Crippen LogP contribution >= 0.6 is 0 Å². The maximum Gasteiger partial charge on any atom is 0.112 e. The number of fused-ring (bicyclic) bond motifs is 1. The van der Waals surface area contributed by atoms with E-state index >= 15 is 0 Å². The van der Waals surface area contributed by atoms with Crippen LogP contribution in [-0.4, -0.2) is 9.55 Å². The molecule has 0 spiro atoms. The van der Waals surface area contributed by atoms with Gasteiger partial charge in [-0.25, -0.2) is 4.98 Å². The third kappa shape index (κ3) is 2.50. The summed E-state index contributed by atoms with van der Waals surface area (Å²) in [5, 5.41) is 0. The Balaban J connectivity index is 2.42. The van der Waals surface area contributed by atoms with Gasteiger partial charge in [0.15, 0.2) is 0 Å². The van der Waals surface area contributed by atoms with Gasteiger partial charge in [-0.15, -0.1) is 0 Å². The van der Waals surface area contributed by atoms with E-state index in [-0.39, 0.29) is 0 Å². The fraction of sp³-hybridized carbons (Fsp3) is 0.533.